The summed E-state index contributed by atoms with van der Waals surface area (Å²) in [6.45, 7) is 0. The van der Waals surface area contributed by atoms with E-state index in [9.17, 15) is 0 Å². The van der Waals surface area contributed by atoms with Crippen molar-refractivity contribution in [1.82, 2.24) is 15.0 Å². The quantitative estimate of drug-likeness (QED) is 0.155. The van der Waals surface area contributed by atoms with E-state index in [1.165, 1.54) is 31.9 Å². The molecule has 0 unspecified atom stereocenters. The number of nitrogens with zero attached hydrogens (tertiary/aromatic N) is 4. The zero-order valence-corrected chi connectivity index (χ0v) is 19.6. The first kappa shape index (κ1) is 23.6. The monoisotopic (exact) mass is 482 g/mol. The van der Waals surface area contributed by atoms with Crippen LogP contribution in [0.25, 0.3) is 0 Å². The van der Waals surface area contributed by atoms with Crippen LogP contribution in [-0.4, -0.2) is 39.5 Å². The van der Waals surface area contributed by atoms with Crippen molar-refractivity contribution < 1.29 is 14.7 Å². The molecule has 1 aliphatic rings. The Bertz CT molecular complexity index is 1120. The number of halogens is 1. The molecule has 0 saturated heterocycles. The lowest BCUT2D eigenvalue weighted by Crippen LogP contribution is -2.20. The molecule has 178 valence electrons. The second-order valence-corrected chi connectivity index (χ2v) is 8.40. The molecule has 0 spiro atoms. The van der Waals surface area contributed by atoms with Gasteiger partial charge >= 0.3 is 6.01 Å². The van der Waals surface area contributed by atoms with E-state index < -0.39 is 0 Å². The molecule has 1 aliphatic carbocycles. The number of aromatic nitrogens is 3. The average Bonchev–Trinajstić information content (AvgIpc) is 3.09. The number of rotatable bonds is 8. The van der Waals surface area contributed by atoms with Crippen molar-refractivity contribution in [2.45, 2.75) is 44.6 Å². The molecule has 10 heteroatoms. The number of hydrogen-bond donors (Lipinski definition) is 3. The van der Waals surface area contributed by atoms with E-state index in [0.29, 0.717) is 40.1 Å². The summed E-state index contributed by atoms with van der Waals surface area (Å²) in [5, 5.41) is 18.8. The number of hydrogen-bond acceptors (Lipinski definition) is 9. The topological polar surface area (TPSA) is 114 Å². The summed E-state index contributed by atoms with van der Waals surface area (Å²) in [4.78, 5) is 13.5. The van der Waals surface area contributed by atoms with Gasteiger partial charge in [-0.3, -0.25) is 0 Å². The van der Waals surface area contributed by atoms with Crippen molar-refractivity contribution in [3.8, 4) is 17.5 Å². The fourth-order valence-electron chi connectivity index (χ4n) is 3.80. The first-order chi connectivity index (χ1) is 16.6. The largest absolute Gasteiger partial charge is 0.495 e. The van der Waals surface area contributed by atoms with Crippen molar-refractivity contribution in [1.29, 1.82) is 0 Å². The third-order valence-electron chi connectivity index (χ3n) is 5.51. The van der Waals surface area contributed by atoms with Crippen LogP contribution in [0.15, 0.2) is 47.6 Å². The van der Waals surface area contributed by atoms with E-state index >= 15 is 0 Å². The average molecular weight is 483 g/mol. The Morgan fingerprint density at radius 2 is 1.74 bits per heavy atom. The minimum Gasteiger partial charge on any atom is -0.495 e. The van der Waals surface area contributed by atoms with Gasteiger partial charge in [0.25, 0.3) is 0 Å². The standard InChI is InChI=1S/C24H27ClN6O3/c1-33-21-13-10-18(14-20(21)25)28-23-29-22(27-17-6-4-2-3-5-7-17)30-24(31-23)34-19-11-8-16(9-12-19)15-26-32/h8-15,17,32H,2-7H2,1H3,(H2,27,28,29,30,31). The third-order valence-corrected chi connectivity index (χ3v) is 5.80. The second kappa shape index (κ2) is 11.5. The van der Waals surface area contributed by atoms with Gasteiger partial charge in [0.1, 0.15) is 11.5 Å². The minimum absolute atomic E-state index is 0.150. The highest BCUT2D eigenvalue weighted by atomic mass is 35.5. The van der Waals surface area contributed by atoms with Crippen LogP contribution in [0.4, 0.5) is 17.6 Å². The van der Waals surface area contributed by atoms with Crippen LogP contribution >= 0.6 is 11.6 Å². The lowest BCUT2D eigenvalue weighted by Gasteiger charge is -2.17. The molecule has 0 atom stereocenters. The first-order valence-corrected chi connectivity index (χ1v) is 11.6. The van der Waals surface area contributed by atoms with Crippen LogP contribution in [-0.2, 0) is 0 Å². The van der Waals surface area contributed by atoms with Crippen LogP contribution in [0.2, 0.25) is 5.02 Å². The SMILES string of the molecule is COc1ccc(Nc2nc(NC3CCCCCC3)nc(Oc3ccc(C=NO)cc3)n2)cc1Cl. The molecule has 9 nitrogen and oxygen atoms in total. The molecule has 34 heavy (non-hydrogen) atoms. The predicted molar refractivity (Wildman–Crippen MR) is 132 cm³/mol. The van der Waals surface area contributed by atoms with E-state index in [2.05, 4.69) is 30.7 Å². The van der Waals surface area contributed by atoms with Gasteiger partial charge in [-0.25, -0.2) is 0 Å². The van der Waals surface area contributed by atoms with Crippen molar-refractivity contribution in [3.05, 3.63) is 53.1 Å². The summed E-state index contributed by atoms with van der Waals surface area (Å²) in [6, 6.07) is 12.8. The number of methoxy groups -OCH3 is 1. The van der Waals surface area contributed by atoms with Gasteiger partial charge in [-0.05, 0) is 60.9 Å². The molecule has 1 aromatic heterocycles. The Kier molecular flexibility index (Phi) is 7.98. The van der Waals surface area contributed by atoms with Crippen LogP contribution in [0, 0.1) is 0 Å². The summed E-state index contributed by atoms with van der Waals surface area (Å²) < 4.78 is 11.1. The highest BCUT2D eigenvalue weighted by Crippen LogP contribution is 2.29. The van der Waals surface area contributed by atoms with Gasteiger partial charge in [-0.15, -0.1) is 0 Å². The Labute approximate surface area is 203 Å². The fourth-order valence-corrected chi connectivity index (χ4v) is 4.05. The second-order valence-electron chi connectivity index (χ2n) is 7.99. The summed E-state index contributed by atoms with van der Waals surface area (Å²) in [5.41, 5.74) is 1.44. The molecule has 4 rings (SSSR count). The highest BCUT2D eigenvalue weighted by Gasteiger charge is 2.16. The molecule has 1 fully saturated rings. The first-order valence-electron chi connectivity index (χ1n) is 11.2. The molecule has 1 saturated carbocycles. The molecular formula is C24H27ClN6O3. The van der Waals surface area contributed by atoms with Crippen LogP contribution in [0.1, 0.15) is 44.1 Å². The van der Waals surface area contributed by atoms with Gasteiger partial charge in [0, 0.05) is 11.7 Å². The highest BCUT2D eigenvalue weighted by molar-refractivity contribution is 6.32. The predicted octanol–water partition coefficient (Wildman–Crippen LogP) is 6.01. The van der Waals surface area contributed by atoms with E-state index in [4.69, 9.17) is 26.3 Å². The minimum atomic E-state index is 0.150. The Morgan fingerprint density at radius 3 is 2.41 bits per heavy atom. The normalized spacial score (nSPS) is 14.5. The Balaban J connectivity index is 1.59. The zero-order valence-electron chi connectivity index (χ0n) is 18.9. The van der Waals surface area contributed by atoms with Gasteiger partial charge < -0.3 is 25.3 Å². The molecule has 3 aromatic rings. The van der Waals surface area contributed by atoms with Gasteiger partial charge in [0.15, 0.2) is 0 Å². The van der Waals surface area contributed by atoms with E-state index in [1.807, 2.05) is 6.07 Å². The number of nitrogens with one attached hydrogen (secondary N) is 2. The number of oxime groups is 1. The van der Waals surface area contributed by atoms with Crippen molar-refractivity contribution >= 4 is 35.4 Å². The lowest BCUT2D eigenvalue weighted by atomic mass is 10.1. The summed E-state index contributed by atoms with van der Waals surface area (Å²) >= 11 is 6.26. The molecule has 0 aliphatic heterocycles. The maximum absolute atomic E-state index is 8.69. The van der Waals surface area contributed by atoms with Crippen molar-refractivity contribution in [2.75, 3.05) is 17.7 Å². The van der Waals surface area contributed by atoms with Crippen molar-refractivity contribution in [2.24, 2.45) is 5.16 Å². The zero-order chi connectivity index (χ0) is 23.8. The summed E-state index contributed by atoms with van der Waals surface area (Å²) in [5.74, 6) is 1.90. The molecule has 0 amide bonds. The number of benzene rings is 2. The van der Waals surface area contributed by atoms with E-state index in [1.54, 1.807) is 43.5 Å². The molecule has 1 heterocycles. The third kappa shape index (κ3) is 6.48. The van der Waals surface area contributed by atoms with Crippen LogP contribution < -0.4 is 20.1 Å². The Morgan fingerprint density at radius 1 is 1.00 bits per heavy atom. The molecular weight excluding hydrogens is 456 g/mol. The molecule has 0 bridgehead atoms. The maximum Gasteiger partial charge on any atom is 0.328 e. The van der Waals surface area contributed by atoms with E-state index in [0.717, 1.165) is 18.4 Å². The maximum atomic E-state index is 8.69. The van der Waals surface area contributed by atoms with Crippen molar-refractivity contribution in [3.63, 3.8) is 0 Å². The molecule has 2 aromatic carbocycles. The molecule has 3 N–H and O–H groups in total. The number of ether oxygens (including phenoxy) is 2. The van der Waals surface area contributed by atoms with Gasteiger partial charge in [-0.1, -0.05) is 42.4 Å². The smallest absolute Gasteiger partial charge is 0.328 e. The van der Waals surface area contributed by atoms with Gasteiger partial charge in [0.2, 0.25) is 11.9 Å². The lowest BCUT2D eigenvalue weighted by molar-refractivity contribution is 0.322. The van der Waals surface area contributed by atoms with E-state index in [-0.39, 0.29) is 6.01 Å². The fraction of sp³-hybridized carbons (Fsp3) is 0.333. The Hall–Kier alpha value is -3.59. The summed E-state index contributed by atoms with van der Waals surface area (Å²) in [7, 11) is 1.57. The van der Waals surface area contributed by atoms with Gasteiger partial charge in [-0.2, -0.15) is 15.0 Å². The summed E-state index contributed by atoms with van der Waals surface area (Å²) in [6.07, 6.45) is 8.37. The number of anilines is 3. The molecule has 0 radical (unpaired) electrons. The van der Waals surface area contributed by atoms with Crippen LogP contribution in [0.3, 0.4) is 0 Å². The van der Waals surface area contributed by atoms with Gasteiger partial charge in [0.05, 0.1) is 18.3 Å². The van der Waals surface area contributed by atoms with Crippen LogP contribution in [0.5, 0.6) is 17.5 Å².